The summed E-state index contributed by atoms with van der Waals surface area (Å²) in [5.41, 5.74) is 6.16. The Bertz CT molecular complexity index is 246. The molecule has 1 atom stereocenters. The van der Waals surface area contributed by atoms with Gasteiger partial charge < -0.3 is 11.1 Å². The van der Waals surface area contributed by atoms with Crippen LogP contribution in [-0.2, 0) is 0 Å². The van der Waals surface area contributed by atoms with Gasteiger partial charge in [-0.3, -0.25) is 0 Å². The molecule has 0 aromatic heterocycles. The Morgan fingerprint density at radius 2 is 1.53 bits per heavy atom. The van der Waals surface area contributed by atoms with Crippen LogP contribution < -0.4 is 11.1 Å². The van der Waals surface area contributed by atoms with Crippen molar-refractivity contribution in [3.63, 3.8) is 0 Å². The van der Waals surface area contributed by atoms with Crippen molar-refractivity contribution in [1.82, 2.24) is 5.32 Å². The fourth-order valence-electron chi connectivity index (χ4n) is 4.77. The number of nitrogens with two attached hydrogens (primary N) is 1. The lowest BCUT2D eigenvalue weighted by Crippen LogP contribution is -2.56. The van der Waals surface area contributed by atoms with Crippen LogP contribution in [0.15, 0.2) is 0 Å². The Hall–Kier alpha value is -0.0800. The Labute approximate surface area is 106 Å². The van der Waals surface area contributed by atoms with Crippen LogP contribution in [0.4, 0.5) is 0 Å². The summed E-state index contributed by atoms with van der Waals surface area (Å²) in [6.45, 7) is 5.47. The third kappa shape index (κ3) is 2.26. The average molecular weight is 236 g/mol. The molecule has 4 aliphatic carbocycles. The first-order valence-electron chi connectivity index (χ1n) is 7.62. The maximum atomic E-state index is 6.16. The third-order valence-electron chi connectivity index (χ3n) is 5.67. The quantitative estimate of drug-likeness (QED) is 0.786. The van der Waals surface area contributed by atoms with E-state index in [1.165, 1.54) is 25.7 Å². The highest BCUT2D eigenvalue weighted by atomic mass is 15.0. The van der Waals surface area contributed by atoms with Gasteiger partial charge >= 0.3 is 0 Å². The smallest absolute Gasteiger partial charge is 0.0188 e. The van der Waals surface area contributed by atoms with Crippen LogP contribution in [0, 0.1) is 29.6 Å². The molecule has 2 nitrogen and oxygen atoms in total. The summed E-state index contributed by atoms with van der Waals surface area (Å²) in [7, 11) is 0. The number of nitrogens with one attached hydrogen (secondary N) is 1. The topological polar surface area (TPSA) is 38.0 Å². The standard InChI is InChI=1S/C15H28N2/c1-9(2)14(16)8-17-15-12-4-10-3-11(6-12)7-13(15)5-10/h9-15,17H,3-8,16H2,1-2H3. The molecule has 4 bridgehead atoms. The second kappa shape index (κ2) is 4.55. The predicted molar refractivity (Wildman–Crippen MR) is 71.6 cm³/mol. The van der Waals surface area contributed by atoms with Crippen LogP contribution in [0.25, 0.3) is 0 Å². The van der Waals surface area contributed by atoms with Crippen LogP contribution in [-0.4, -0.2) is 18.6 Å². The molecule has 17 heavy (non-hydrogen) atoms. The van der Waals surface area contributed by atoms with E-state index in [1.54, 1.807) is 6.42 Å². The van der Waals surface area contributed by atoms with Crippen molar-refractivity contribution >= 4 is 0 Å². The molecule has 4 rings (SSSR count). The Morgan fingerprint density at radius 1 is 1.00 bits per heavy atom. The van der Waals surface area contributed by atoms with Crippen molar-refractivity contribution in [1.29, 1.82) is 0 Å². The molecule has 4 saturated carbocycles. The maximum Gasteiger partial charge on any atom is 0.0188 e. The van der Waals surface area contributed by atoms with Gasteiger partial charge in [-0.05, 0) is 61.7 Å². The highest BCUT2D eigenvalue weighted by Gasteiger charge is 2.47. The zero-order chi connectivity index (χ0) is 12.0. The number of hydrogen-bond acceptors (Lipinski definition) is 2. The normalized spacial score (nSPS) is 45.5. The van der Waals surface area contributed by atoms with Gasteiger partial charge in [-0.15, -0.1) is 0 Å². The molecule has 0 spiro atoms. The summed E-state index contributed by atoms with van der Waals surface area (Å²) in [6.07, 6.45) is 7.55. The van der Waals surface area contributed by atoms with Crippen molar-refractivity contribution in [3.05, 3.63) is 0 Å². The number of rotatable bonds is 4. The Morgan fingerprint density at radius 3 is 2.00 bits per heavy atom. The van der Waals surface area contributed by atoms with E-state index < -0.39 is 0 Å². The molecule has 0 saturated heterocycles. The minimum atomic E-state index is 0.326. The monoisotopic (exact) mass is 236 g/mol. The van der Waals surface area contributed by atoms with Crippen molar-refractivity contribution in [2.75, 3.05) is 6.54 Å². The summed E-state index contributed by atoms with van der Waals surface area (Å²) in [5, 5.41) is 3.82. The van der Waals surface area contributed by atoms with E-state index in [0.29, 0.717) is 12.0 Å². The SMILES string of the molecule is CC(C)C(N)CNC1C2CC3CC(C2)CC1C3. The van der Waals surface area contributed by atoms with Gasteiger partial charge in [0.25, 0.3) is 0 Å². The lowest BCUT2D eigenvalue weighted by Gasteiger charge is -2.54. The number of hydrogen-bond donors (Lipinski definition) is 2. The van der Waals surface area contributed by atoms with Gasteiger partial charge in [0, 0.05) is 18.6 Å². The third-order valence-corrected chi connectivity index (χ3v) is 5.67. The zero-order valence-corrected chi connectivity index (χ0v) is 11.4. The van der Waals surface area contributed by atoms with Gasteiger partial charge in [0.2, 0.25) is 0 Å². The van der Waals surface area contributed by atoms with Gasteiger partial charge in [0.15, 0.2) is 0 Å². The summed E-state index contributed by atoms with van der Waals surface area (Å²) in [6, 6.07) is 1.12. The van der Waals surface area contributed by atoms with Crippen molar-refractivity contribution in [3.8, 4) is 0 Å². The van der Waals surface area contributed by atoms with Crippen molar-refractivity contribution in [2.45, 2.75) is 58.0 Å². The van der Waals surface area contributed by atoms with Gasteiger partial charge in [-0.2, -0.15) is 0 Å². The minimum absolute atomic E-state index is 0.326. The molecule has 0 amide bonds. The first kappa shape index (κ1) is 12.0. The van der Waals surface area contributed by atoms with Gasteiger partial charge in [-0.25, -0.2) is 0 Å². The van der Waals surface area contributed by atoms with E-state index in [9.17, 15) is 0 Å². The lowest BCUT2D eigenvalue weighted by molar-refractivity contribution is -0.0142. The molecule has 4 fully saturated rings. The highest BCUT2D eigenvalue weighted by Crippen LogP contribution is 2.53. The Balaban J connectivity index is 1.57. The molecular formula is C15H28N2. The van der Waals surface area contributed by atoms with Crippen LogP contribution in [0.2, 0.25) is 0 Å². The van der Waals surface area contributed by atoms with Crippen molar-refractivity contribution < 1.29 is 0 Å². The molecule has 1 unspecified atom stereocenters. The fourth-order valence-corrected chi connectivity index (χ4v) is 4.77. The Kier molecular flexibility index (Phi) is 3.20. The summed E-state index contributed by atoms with van der Waals surface area (Å²) < 4.78 is 0. The molecule has 0 heterocycles. The average Bonchev–Trinajstić information content (AvgIpc) is 2.26. The van der Waals surface area contributed by atoms with Crippen LogP contribution in [0.1, 0.15) is 46.0 Å². The zero-order valence-electron chi connectivity index (χ0n) is 11.4. The van der Waals surface area contributed by atoms with E-state index in [2.05, 4.69) is 19.2 Å². The van der Waals surface area contributed by atoms with Crippen LogP contribution in [0.5, 0.6) is 0 Å². The van der Waals surface area contributed by atoms with Gasteiger partial charge in [0.1, 0.15) is 0 Å². The molecule has 4 aliphatic rings. The molecular weight excluding hydrogens is 208 g/mol. The molecule has 3 N–H and O–H groups in total. The fraction of sp³-hybridized carbons (Fsp3) is 1.00. The summed E-state index contributed by atoms with van der Waals surface area (Å²) in [5.74, 6) is 4.71. The predicted octanol–water partition coefficient (Wildman–Crippen LogP) is 2.38. The lowest BCUT2D eigenvalue weighted by atomic mass is 9.54. The molecule has 0 aromatic carbocycles. The van der Waals surface area contributed by atoms with Crippen LogP contribution in [0.3, 0.4) is 0 Å². The van der Waals surface area contributed by atoms with E-state index in [4.69, 9.17) is 5.73 Å². The second-order valence-electron chi connectivity index (χ2n) is 7.27. The minimum Gasteiger partial charge on any atom is -0.326 e. The van der Waals surface area contributed by atoms with E-state index in [0.717, 1.165) is 36.3 Å². The van der Waals surface area contributed by atoms with E-state index in [1.807, 2.05) is 0 Å². The van der Waals surface area contributed by atoms with Gasteiger partial charge in [0.05, 0.1) is 0 Å². The first-order valence-corrected chi connectivity index (χ1v) is 7.62. The molecule has 0 aliphatic heterocycles. The van der Waals surface area contributed by atoms with Crippen LogP contribution >= 0.6 is 0 Å². The van der Waals surface area contributed by atoms with Gasteiger partial charge in [-0.1, -0.05) is 13.8 Å². The summed E-state index contributed by atoms with van der Waals surface area (Å²) in [4.78, 5) is 0. The second-order valence-corrected chi connectivity index (χ2v) is 7.27. The molecule has 0 aromatic rings. The molecule has 2 heteroatoms. The molecule has 98 valence electrons. The highest BCUT2D eigenvalue weighted by molar-refractivity contribution is 5.01. The van der Waals surface area contributed by atoms with Crippen molar-refractivity contribution in [2.24, 2.45) is 35.3 Å². The maximum absolute atomic E-state index is 6.16. The summed E-state index contributed by atoms with van der Waals surface area (Å²) >= 11 is 0. The van der Waals surface area contributed by atoms with E-state index in [-0.39, 0.29) is 0 Å². The largest absolute Gasteiger partial charge is 0.326 e. The van der Waals surface area contributed by atoms with E-state index >= 15 is 0 Å². The molecule has 0 radical (unpaired) electrons. The first-order chi connectivity index (χ1) is 8.13.